The fraction of sp³-hybridized carbons (Fsp3) is 0.381. The van der Waals surface area contributed by atoms with Crippen molar-refractivity contribution in [3.05, 3.63) is 54.1 Å². The van der Waals surface area contributed by atoms with Crippen LogP contribution in [-0.2, 0) is 0 Å². The quantitative estimate of drug-likeness (QED) is 0.767. The highest BCUT2D eigenvalue weighted by Crippen LogP contribution is 2.31. The molecule has 0 saturated carbocycles. The Bertz CT molecular complexity index is 729. The number of carbonyl (C=O) groups excluding carboxylic acids is 1. The number of nitrogens with one attached hydrogen (secondary N) is 1. The standard InChI is InChI=1S/C21H25NO4/c1-3-4-13-24-17-11-9-16(10-12-17)21(23)22-15(2)20-14-25-18-7-5-6-8-19(18)26-20/h5-12,15,20H,3-4,13-14H2,1-2H3,(H,22,23)/t15-,20+/m0/s1. The van der Waals surface area contributed by atoms with Gasteiger partial charge in [-0.05, 0) is 49.7 Å². The Morgan fingerprint density at radius 2 is 1.92 bits per heavy atom. The number of rotatable bonds is 7. The first-order valence-corrected chi connectivity index (χ1v) is 9.09. The van der Waals surface area contributed by atoms with E-state index >= 15 is 0 Å². The Balaban J connectivity index is 1.54. The van der Waals surface area contributed by atoms with Crippen molar-refractivity contribution in [1.82, 2.24) is 5.32 Å². The van der Waals surface area contributed by atoms with Gasteiger partial charge in [-0.3, -0.25) is 4.79 Å². The second kappa shape index (κ2) is 8.61. The number of para-hydroxylation sites is 2. The summed E-state index contributed by atoms with van der Waals surface area (Å²) in [6.45, 7) is 5.14. The van der Waals surface area contributed by atoms with Crippen molar-refractivity contribution in [2.75, 3.05) is 13.2 Å². The number of ether oxygens (including phenoxy) is 3. The highest BCUT2D eigenvalue weighted by atomic mass is 16.6. The summed E-state index contributed by atoms with van der Waals surface area (Å²) in [5.41, 5.74) is 0.594. The lowest BCUT2D eigenvalue weighted by atomic mass is 10.1. The molecule has 0 radical (unpaired) electrons. The van der Waals surface area contributed by atoms with Crippen LogP contribution in [-0.4, -0.2) is 31.3 Å². The van der Waals surface area contributed by atoms with Crippen molar-refractivity contribution in [3.8, 4) is 17.2 Å². The predicted octanol–water partition coefficient (Wildman–Crippen LogP) is 3.82. The highest BCUT2D eigenvalue weighted by molar-refractivity contribution is 5.94. The first kappa shape index (κ1) is 18.1. The maximum Gasteiger partial charge on any atom is 0.251 e. The van der Waals surface area contributed by atoms with Crippen LogP contribution in [0.1, 0.15) is 37.0 Å². The zero-order valence-corrected chi connectivity index (χ0v) is 15.2. The van der Waals surface area contributed by atoms with E-state index in [1.165, 1.54) is 0 Å². The Kier molecular flexibility index (Phi) is 6.00. The van der Waals surface area contributed by atoms with Gasteiger partial charge in [0.2, 0.25) is 0 Å². The van der Waals surface area contributed by atoms with Gasteiger partial charge in [0.25, 0.3) is 5.91 Å². The van der Waals surface area contributed by atoms with Crippen molar-refractivity contribution < 1.29 is 19.0 Å². The van der Waals surface area contributed by atoms with E-state index in [9.17, 15) is 4.79 Å². The van der Waals surface area contributed by atoms with Gasteiger partial charge < -0.3 is 19.5 Å². The molecule has 0 bridgehead atoms. The Labute approximate surface area is 154 Å². The molecule has 5 heteroatoms. The minimum Gasteiger partial charge on any atom is -0.494 e. The molecule has 0 aliphatic carbocycles. The van der Waals surface area contributed by atoms with Gasteiger partial charge in [-0.2, -0.15) is 0 Å². The SMILES string of the molecule is CCCCOc1ccc(C(=O)N[C@@H](C)[C@H]2COc3ccccc3O2)cc1. The van der Waals surface area contributed by atoms with Crippen molar-refractivity contribution in [2.24, 2.45) is 0 Å². The van der Waals surface area contributed by atoms with Crippen LogP contribution in [0.5, 0.6) is 17.2 Å². The number of amides is 1. The Morgan fingerprint density at radius 3 is 2.65 bits per heavy atom. The summed E-state index contributed by atoms with van der Waals surface area (Å²) in [5, 5.41) is 2.98. The van der Waals surface area contributed by atoms with E-state index in [2.05, 4.69) is 12.2 Å². The molecule has 1 aliphatic heterocycles. The first-order chi connectivity index (χ1) is 12.7. The second-order valence-electron chi connectivity index (χ2n) is 6.40. The van der Waals surface area contributed by atoms with Gasteiger partial charge in [-0.15, -0.1) is 0 Å². The average molecular weight is 355 g/mol. The lowest BCUT2D eigenvalue weighted by Gasteiger charge is -2.30. The van der Waals surface area contributed by atoms with Gasteiger partial charge in [0, 0.05) is 5.56 Å². The van der Waals surface area contributed by atoms with E-state index in [0.717, 1.165) is 24.3 Å². The van der Waals surface area contributed by atoms with Gasteiger partial charge in [0.05, 0.1) is 12.6 Å². The largest absolute Gasteiger partial charge is 0.494 e. The molecule has 1 aliphatic rings. The van der Waals surface area contributed by atoms with Gasteiger partial charge in [-0.25, -0.2) is 0 Å². The average Bonchev–Trinajstić information content (AvgIpc) is 2.68. The number of carbonyl (C=O) groups is 1. The maximum absolute atomic E-state index is 12.5. The van der Waals surface area contributed by atoms with Crippen LogP contribution < -0.4 is 19.5 Å². The summed E-state index contributed by atoms with van der Waals surface area (Å²) in [6, 6.07) is 14.6. The third kappa shape index (κ3) is 4.48. The smallest absolute Gasteiger partial charge is 0.251 e. The summed E-state index contributed by atoms with van der Waals surface area (Å²) in [4.78, 5) is 12.5. The van der Waals surface area contributed by atoms with Gasteiger partial charge in [0.15, 0.2) is 17.6 Å². The van der Waals surface area contributed by atoms with Crippen LogP contribution in [0.2, 0.25) is 0 Å². The first-order valence-electron chi connectivity index (χ1n) is 9.09. The summed E-state index contributed by atoms with van der Waals surface area (Å²) >= 11 is 0. The Hall–Kier alpha value is -2.69. The molecule has 0 spiro atoms. The molecule has 1 N–H and O–H groups in total. The summed E-state index contributed by atoms with van der Waals surface area (Å²) in [7, 11) is 0. The monoisotopic (exact) mass is 355 g/mol. The van der Waals surface area contributed by atoms with Crippen LogP contribution >= 0.6 is 0 Å². The van der Waals surface area contributed by atoms with E-state index in [1.807, 2.05) is 43.3 Å². The van der Waals surface area contributed by atoms with Crippen molar-refractivity contribution in [3.63, 3.8) is 0 Å². The minimum atomic E-state index is -0.231. The molecule has 0 aromatic heterocycles. The number of hydrogen-bond donors (Lipinski definition) is 1. The lowest BCUT2D eigenvalue weighted by Crippen LogP contribution is -2.48. The highest BCUT2D eigenvalue weighted by Gasteiger charge is 2.27. The summed E-state index contributed by atoms with van der Waals surface area (Å²) < 4.78 is 17.3. The Morgan fingerprint density at radius 1 is 1.19 bits per heavy atom. The zero-order valence-electron chi connectivity index (χ0n) is 15.2. The number of hydrogen-bond acceptors (Lipinski definition) is 4. The molecule has 2 aromatic carbocycles. The molecular formula is C21H25NO4. The van der Waals surface area contributed by atoms with E-state index < -0.39 is 0 Å². The fourth-order valence-electron chi connectivity index (χ4n) is 2.70. The molecule has 2 aromatic rings. The second-order valence-corrected chi connectivity index (χ2v) is 6.40. The van der Waals surface area contributed by atoms with Crippen molar-refractivity contribution in [2.45, 2.75) is 38.8 Å². The zero-order chi connectivity index (χ0) is 18.4. The predicted molar refractivity (Wildman–Crippen MR) is 100 cm³/mol. The van der Waals surface area contributed by atoms with Gasteiger partial charge in [0.1, 0.15) is 12.4 Å². The summed E-state index contributed by atoms with van der Waals surface area (Å²) in [6.07, 6.45) is 1.88. The van der Waals surface area contributed by atoms with Crippen LogP contribution in [0.4, 0.5) is 0 Å². The summed E-state index contributed by atoms with van der Waals surface area (Å²) in [5.74, 6) is 2.09. The van der Waals surface area contributed by atoms with E-state index in [0.29, 0.717) is 24.5 Å². The van der Waals surface area contributed by atoms with Crippen LogP contribution in [0.3, 0.4) is 0 Å². The normalized spacial score (nSPS) is 16.6. The number of unbranched alkanes of at least 4 members (excludes halogenated alkanes) is 1. The van der Waals surface area contributed by atoms with Crippen LogP contribution in [0.25, 0.3) is 0 Å². The molecule has 2 atom stereocenters. The molecule has 1 amide bonds. The van der Waals surface area contributed by atoms with Crippen molar-refractivity contribution >= 4 is 5.91 Å². The molecule has 0 fully saturated rings. The molecule has 0 unspecified atom stereocenters. The molecule has 26 heavy (non-hydrogen) atoms. The molecule has 0 saturated heterocycles. The van der Waals surface area contributed by atoms with E-state index in [1.54, 1.807) is 12.1 Å². The van der Waals surface area contributed by atoms with Crippen molar-refractivity contribution in [1.29, 1.82) is 0 Å². The molecular weight excluding hydrogens is 330 g/mol. The third-order valence-corrected chi connectivity index (χ3v) is 4.33. The number of fused-ring (bicyclic) bond motifs is 1. The molecule has 138 valence electrons. The van der Waals surface area contributed by atoms with Crippen LogP contribution in [0, 0.1) is 0 Å². The molecule has 5 nitrogen and oxygen atoms in total. The molecule has 3 rings (SSSR count). The topological polar surface area (TPSA) is 56.8 Å². The fourth-order valence-corrected chi connectivity index (χ4v) is 2.70. The van der Waals surface area contributed by atoms with E-state index in [4.69, 9.17) is 14.2 Å². The van der Waals surface area contributed by atoms with Gasteiger partial charge >= 0.3 is 0 Å². The van der Waals surface area contributed by atoms with Gasteiger partial charge in [-0.1, -0.05) is 25.5 Å². The van der Waals surface area contributed by atoms with E-state index in [-0.39, 0.29) is 18.1 Å². The lowest BCUT2D eigenvalue weighted by molar-refractivity contribution is 0.0606. The molecule has 1 heterocycles. The van der Waals surface area contributed by atoms with Crippen LogP contribution in [0.15, 0.2) is 48.5 Å². The number of benzene rings is 2. The minimum absolute atomic E-state index is 0.139. The third-order valence-electron chi connectivity index (χ3n) is 4.33. The maximum atomic E-state index is 12.5.